The van der Waals surface area contributed by atoms with Crippen LogP contribution in [-0.2, 0) is 16.1 Å². The molecule has 27 heavy (non-hydrogen) atoms. The quantitative estimate of drug-likeness (QED) is 0.451. The Bertz CT molecular complexity index is 970. The SMILES string of the molecule is CC(=O)c1cccc(OCC(=O)OCc2nnc(-c3ccccc3Cl)o2)c1. The van der Waals surface area contributed by atoms with Crippen LogP contribution in [0.1, 0.15) is 23.2 Å². The standard InChI is InChI=1S/C19H15ClN2O5/c1-12(23)13-5-4-6-14(9-13)25-11-18(24)26-10-17-21-22-19(27-17)15-7-2-3-8-16(15)20/h2-9H,10-11H2,1H3. The molecule has 1 aromatic heterocycles. The smallest absolute Gasteiger partial charge is 0.344 e. The summed E-state index contributed by atoms with van der Waals surface area (Å²) in [6.07, 6.45) is 0. The van der Waals surface area contributed by atoms with Crippen LogP contribution in [0.15, 0.2) is 52.9 Å². The lowest BCUT2D eigenvalue weighted by atomic mass is 10.1. The molecule has 0 saturated carbocycles. The average molecular weight is 387 g/mol. The van der Waals surface area contributed by atoms with Crippen molar-refractivity contribution in [1.82, 2.24) is 10.2 Å². The lowest BCUT2D eigenvalue weighted by molar-refractivity contribution is -0.148. The summed E-state index contributed by atoms with van der Waals surface area (Å²) in [5.41, 5.74) is 1.09. The maximum absolute atomic E-state index is 11.8. The molecule has 0 bridgehead atoms. The Labute approximate surface area is 159 Å². The van der Waals surface area contributed by atoms with Crippen molar-refractivity contribution in [3.05, 3.63) is 65.0 Å². The van der Waals surface area contributed by atoms with Crippen molar-refractivity contribution >= 4 is 23.4 Å². The summed E-state index contributed by atoms with van der Waals surface area (Å²) in [7, 11) is 0. The van der Waals surface area contributed by atoms with Gasteiger partial charge < -0.3 is 13.9 Å². The van der Waals surface area contributed by atoms with Gasteiger partial charge in [-0.2, -0.15) is 0 Å². The predicted molar refractivity (Wildman–Crippen MR) is 96.5 cm³/mol. The Hall–Kier alpha value is -3.19. The summed E-state index contributed by atoms with van der Waals surface area (Å²) < 4.78 is 15.8. The Kier molecular flexibility index (Phi) is 5.83. The van der Waals surface area contributed by atoms with Crippen LogP contribution in [0.5, 0.6) is 5.75 Å². The van der Waals surface area contributed by atoms with E-state index < -0.39 is 5.97 Å². The number of Topliss-reactive ketones (excluding diaryl/α,β-unsaturated/α-hetero) is 1. The fourth-order valence-corrected chi connectivity index (χ4v) is 2.40. The Morgan fingerprint density at radius 2 is 1.93 bits per heavy atom. The fraction of sp³-hybridized carbons (Fsp3) is 0.158. The van der Waals surface area contributed by atoms with Crippen LogP contribution in [0.2, 0.25) is 5.02 Å². The number of hydrogen-bond donors (Lipinski definition) is 0. The molecule has 0 atom stereocenters. The van der Waals surface area contributed by atoms with Gasteiger partial charge in [0.15, 0.2) is 19.0 Å². The van der Waals surface area contributed by atoms with Gasteiger partial charge in [0.2, 0.25) is 5.89 Å². The van der Waals surface area contributed by atoms with Gasteiger partial charge in [-0.05, 0) is 31.2 Å². The molecule has 0 aliphatic heterocycles. The summed E-state index contributed by atoms with van der Waals surface area (Å²) in [5, 5.41) is 8.19. The minimum Gasteiger partial charge on any atom is -0.482 e. The molecule has 7 nitrogen and oxygen atoms in total. The molecular weight excluding hydrogens is 372 g/mol. The van der Waals surface area contributed by atoms with Gasteiger partial charge in [0.05, 0.1) is 10.6 Å². The largest absolute Gasteiger partial charge is 0.482 e. The maximum Gasteiger partial charge on any atom is 0.344 e. The summed E-state index contributed by atoms with van der Waals surface area (Å²) in [4.78, 5) is 23.2. The van der Waals surface area contributed by atoms with Crippen molar-refractivity contribution in [3.8, 4) is 17.2 Å². The Morgan fingerprint density at radius 3 is 2.70 bits per heavy atom. The Balaban J connectivity index is 1.52. The number of esters is 1. The van der Waals surface area contributed by atoms with E-state index in [1.54, 1.807) is 48.5 Å². The van der Waals surface area contributed by atoms with Crippen molar-refractivity contribution in [2.45, 2.75) is 13.5 Å². The summed E-state index contributed by atoms with van der Waals surface area (Å²) >= 11 is 6.07. The maximum atomic E-state index is 11.8. The average Bonchev–Trinajstić information content (AvgIpc) is 3.14. The number of benzene rings is 2. The molecule has 8 heteroatoms. The highest BCUT2D eigenvalue weighted by Gasteiger charge is 2.13. The molecule has 0 radical (unpaired) electrons. The van der Waals surface area contributed by atoms with Crippen LogP contribution < -0.4 is 4.74 Å². The molecule has 0 aliphatic rings. The molecule has 0 spiro atoms. The number of carbonyl (C=O) groups is 2. The predicted octanol–water partition coefficient (Wildman–Crippen LogP) is 3.71. The van der Waals surface area contributed by atoms with Gasteiger partial charge >= 0.3 is 5.97 Å². The highest BCUT2D eigenvalue weighted by atomic mass is 35.5. The highest BCUT2D eigenvalue weighted by Crippen LogP contribution is 2.26. The van der Waals surface area contributed by atoms with E-state index in [-0.39, 0.29) is 30.8 Å². The van der Waals surface area contributed by atoms with Gasteiger partial charge in [-0.15, -0.1) is 10.2 Å². The van der Waals surface area contributed by atoms with E-state index in [4.69, 9.17) is 25.5 Å². The number of ketones is 1. The van der Waals surface area contributed by atoms with Crippen molar-refractivity contribution < 1.29 is 23.5 Å². The third-order valence-electron chi connectivity index (χ3n) is 3.52. The Morgan fingerprint density at radius 1 is 1.11 bits per heavy atom. The van der Waals surface area contributed by atoms with Gasteiger partial charge in [0.25, 0.3) is 5.89 Å². The number of rotatable bonds is 7. The molecule has 138 valence electrons. The second-order valence-corrected chi connectivity index (χ2v) is 5.92. The molecule has 3 aromatic rings. The van der Waals surface area contributed by atoms with E-state index in [9.17, 15) is 9.59 Å². The van der Waals surface area contributed by atoms with Gasteiger partial charge in [-0.1, -0.05) is 35.9 Å². The first-order valence-electron chi connectivity index (χ1n) is 7.99. The minimum atomic E-state index is -0.610. The number of carbonyl (C=O) groups excluding carboxylic acids is 2. The van der Waals surface area contributed by atoms with Crippen LogP contribution in [-0.4, -0.2) is 28.6 Å². The second-order valence-electron chi connectivity index (χ2n) is 5.51. The van der Waals surface area contributed by atoms with Crippen molar-refractivity contribution in [2.75, 3.05) is 6.61 Å². The minimum absolute atomic E-state index is 0.0891. The van der Waals surface area contributed by atoms with Crippen molar-refractivity contribution in [3.63, 3.8) is 0 Å². The molecule has 0 unspecified atom stereocenters. The van der Waals surface area contributed by atoms with Gasteiger partial charge in [-0.25, -0.2) is 4.79 Å². The molecule has 2 aromatic carbocycles. The number of aromatic nitrogens is 2. The molecule has 0 fully saturated rings. The van der Waals surface area contributed by atoms with E-state index in [0.717, 1.165) is 0 Å². The zero-order valence-electron chi connectivity index (χ0n) is 14.3. The normalized spacial score (nSPS) is 10.4. The second kappa shape index (κ2) is 8.46. The summed E-state index contributed by atoms with van der Waals surface area (Å²) in [6, 6.07) is 13.6. The first-order chi connectivity index (χ1) is 13.0. The third-order valence-corrected chi connectivity index (χ3v) is 3.85. The van der Waals surface area contributed by atoms with Crippen LogP contribution in [0, 0.1) is 0 Å². The molecule has 0 N–H and O–H groups in total. The highest BCUT2D eigenvalue weighted by molar-refractivity contribution is 6.33. The van der Waals surface area contributed by atoms with E-state index in [2.05, 4.69) is 10.2 Å². The van der Waals surface area contributed by atoms with Crippen molar-refractivity contribution in [1.29, 1.82) is 0 Å². The molecule has 1 heterocycles. The summed E-state index contributed by atoms with van der Waals surface area (Å²) in [5.74, 6) is 0.0775. The van der Waals surface area contributed by atoms with E-state index in [0.29, 0.717) is 21.9 Å². The van der Waals surface area contributed by atoms with Gasteiger partial charge in [0, 0.05) is 5.56 Å². The molecule has 0 amide bonds. The van der Waals surface area contributed by atoms with E-state index in [1.807, 2.05) is 0 Å². The zero-order chi connectivity index (χ0) is 19.2. The van der Waals surface area contributed by atoms with Crippen LogP contribution in [0.3, 0.4) is 0 Å². The number of nitrogens with zero attached hydrogens (tertiary/aromatic N) is 2. The number of hydrogen-bond acceptors (Lipinski definition) is 7. The topological polar surface area (TPSA) is 91.5 Å². The van der Waals surface area contributed by atoms with Crippen molar-refractivity contribution in [2.24, 2.45) is 0 Å². The first-order valence-corrected chi connectivity index (χ1v) is 8.37. The zero-order valence-corrected chi connectivity index (χ0v) is 15.1. The van der Waals surface area contributed by atoms with Gasteiger partial charge in [-0.3, -0.25) is 4.79 Å². The lowest BCUT2D eigenvalue weighted by Gasteiger charge is -2.06. The summed E-state index contributed by atoms with van der Waals surface area (Å²) in [6.45, 7) is 0.953. The molecule has 3 rings (SSSR count). The molecular formula is C19H15ClN2O5. The lowest BCUT2D eigenvalue weighted by Crippen LogP contribution is -2.15. The monoisotopic (exact) mass is 386 g/mol. The molecule has 0 saturated heterocycles. The van der Waals surface area contributed by atoms with Crippen LogP contribution >= 0.6 is 11.6 Å². The van der Waals surface area contributed by atoms with Crippen LogP contribution in [0.4, 0.5) is 0 Å². The third kappa shape index (κ3) is 4.92. The number of ether oxygens (including phenoxy) is 2. The van der Waals surface area contributed by atoms with Gasteiger partial charge in [0.1, 0.15) is 5.75 Å². The van der Waals surface area contributed by atoms with E-state index >= 15 is 0 Å². The fourth-order valence-electron chi connectivity index (χ4n) is 2.19. The first kappa shape index (κ1) is 18.6. The van der Waals surface area contributed by atoms with Crippen LogP contribution in [0.25, 0.3) is 11.5 Å². The van der Waals surface area contributed by atoms with E-state index in [1.165, 1.54) is 6.92 Å². The number of halogens is 1. The molecule has 0 aliphatic carbocycles.